The molecule has 0 saturated heterocycles. The lowest BCUT2D eigenvalue weighted by Gasteiger charge is -2.35. The second-order valence-electron chi connectivity index (χ2n) is 7.80. The molecular formula is C22H25N3O2S. The molecule has 0 unspecified atom stereocenters. The summed E-state index contributed by atoms with van der Waals surface area (Å²) in [6.45, 7) is 9.63. The van der Waals surface area contributed by atoms with Crippen molar-refractivity contribution in [2.24, 2.45) is 0 Å². The normalized spacial score (nSPS) is 11.5. The molecule has 0 aliphatic rings. The van der Waals surface area contributed by atoms with Gasteiger partial charge in [-0.15, -0.1) is 11.3 Å². The Bertz CT molecular complexity index is 1010. The van der Waals surface area contributed by atoms with Crippen molar-refractivity contribution in [3.8, 4) is 0 Å². The number of hydrogen-bond acceptors (Lipinski definition) is 4. The third-order valence-corrected chi connectivity index (χ3v) is 5.64. The van der Waals surface area contributed by atoms with Crippen molar-refractivity contribution in [2.75, 3.05) is 11.9 Å². The van der Waals surface area contributed by atoms with Gasteiger partial charge in [-0.3, -0.25) is 9.59 Å². The number of fused-ring (bicyclic) bond motifs is 1. The number of anilines is 1. The minimum absolute atomic E-state index is 0.0385. The van der Waals surface area contributed by atoms with E-state index in [4.69, 9.17) is 0 Å². The summed E-state index contributed by atoms with van der Waals surface area (Å²) in [5.41, 5.74) is 0.988. The molecule has 146 valence electrons. The first kappa shape index (κ1) is 20.0. The van der Waals surface area contributed by atoms with Crippen molar-refractivity contribution in [1.29, 1.82) is 0 Å². The van der Waals surface area contributed by atoms with Crippen molar-refractivity contribution in [3.63, 3.8) is 0 Å². The van der Waals surface area contributed by atoms with Crippen LogP contribution in [-0.4, -0.2) is 33.8 Å². The van der Waals surface area contributed by atoms with Crippen LogP contribution < -0.4 is 5.32 Å². The van der Waals surface area contributed by atoms with Crippen molar-refractivity contribution >= 4 is 39.1 Å². The predicted molar refractivity (Wildman–Crippen MR) is 115 cm³/mol. The Morgan fingerprint density at radius 3 is 2.39 bits per heavy atom. The van der Waals surface area contributed by atoms with Gasteiger partial charge in [-0.2, -0.15) is 0 Å². The number of aromatic nitrogens is 1. The molecule has 1 N–H and O–H groups in total. The molecule has 6 heteroatoms. The first-order chi connectivity index (χ1) is 13.2. The summed E-state index contributed by atoms with van der Waals surface area (Å²) in [6.07, 6.45) is 0. The number of aryl methyl sites for hydroxylation is 2. The molecule has 3 aromatic rings. The molecular weight excluding hydrogens is 370 g/mol. The monoisotopic (exact) mass is 395 g/mol. The van der Waals surface area contributed by atoms with Crippen LogP contribution in [-0.2, 0) is 4.79 Å². The number of hydrogen-bond donors (Lipinski definition) is 1. The third-order valence-electron chi connectivity index (χ3n) is 4.65. The highest BCUT2D eigenvalue weighted by Crippen LogP contribution is 2.25. The van der Waals surface area contributed by atoms with E-state index in [-0.39, 0.29) is 18.4 Å². The van der Waals surface area contributed by atoms with E-state index in [2.05, 4.69) is 10.3 Å². The first-order valence-electron chi connectivity index (χ1n) is 9.20. The zero-order valence-corrected chi connectivity index (χ0v) is 17.7. The number of thiazole rings is 1. The van der Waals surface area contributed by atoms with Gasteiger partial charge in [-0.1, -0.05) is 36.4 Å². The molecule has 0 radical (unpaired) electrons. The SMILES string of the molecule is Cc1nc(NC(=O)CN(C(=O)c2cccc3ccccc23)C(C)(C)C)sc1C. The number of carbonyl (C=O) groups excluding carboxylic acids is 2. The summed E-state index contributed by atoms with van der Waals surface area (Å²) in [7, 11) is 0. The molecule has 0 bridgehead atoms. The molecule has 0 saturated carbocycles. The largest absolute Gasteiger partial charge is 0.324 e. The number of nitrogens with one attached hydrogen (secondary N) is 1. The molecule has 0 atom stereocenters. The van der Waals surface area contributed by atoms with Crippen LogP contribution in [0.25, 0.3) is 10.8 Å². The second kappa shape index (κ2) is 7.72. The Labute approximate surface area is 169 Å². The highest BCUT2D eigenvalue weighted by molar-refractivity contribution is 7.15. The molecule has 0 aliphatic heterocycles. The fourth-order valence-electron chi connectivity index (χ4n) is 3.00. The minimum atomic E-state index is -0.514. The van der Waals surface area contributed by atoms with Gasteiger partial charge in [-0.05, 0) is 51.5 Å². The van der Waals surface area contributed by atoms with Crippen LogP contribution >= 0.6 is 11.3 Å². The zero-order chi connectivity index (χ0) is 20.5. The van der Waals surface area contributed by atoms with Crippen LogP contribution in [0.15, 0.2) is 42.5 Å². The number of rotatable bonds is 4. The van der Waals surface area contributed by atoms with Crippen LogP contribution in [0.5, 0.6) is 0 Å². The highest BCUT2D eigenvalue weighted by atomic mass is 32.1. The van der Waals surface area contributed by atoms with Gasteiger partial charge in [-0.25, -0.2) is 4.98 Å². The van der Waals surface area contributed by atoms with Crippen molar-refractivity contribution < 1.29 is 9.59 Å². The van der Waals surface area contributed by atoms with E-state index in [0.717, 1.165) is 21.3 Å². The molecule has 0 spiro atoms. The molecule has 0 fully saturated rings. The van der Waals surface area contributed by atoms with Crippen LogP contribution in [0.2, 0.25) is 0 Å². The Hall–Kier alpha value is -2.73. The summed E-state index contributed by atoms with van der Waals surface area (Å²) in [5, 5.41) is 5.27. The molecule has 28 heavy (non-hydrogen) atoms. The molecule has 0 aliphatic carbocycles. The van der Waals surface area contributed by atoms with Gasteiger partial charge in [0.15, 0.2) is 5.13 Å². The standard InChI is InChI=1S/C22H25N3O2S/c1-14-15(2)28-21(23-14)24-19(26)13-25(22(3,4)5)20(27)18-12-8-10-16-9-6-7-11-17(16)18/h6-12H,13H2,1-5H3,(H,23,24,26). The van der Waals surface area contributed by atoms with E-state index in [0.29, 0.717) is 10.7 Å². The van der Waals surface area contributed by atoms with Gasteiger partial charge in [0.1, 0.15) is 6.54 Å². The van der Waals surface area contributed by atoms with Crippen molar-refractivity contribution in [2.45, 2.75) is 40.2 Å². The Kier molecular flexibility index (Phi) is 5.52. The highest BCUT2D eigenvalue weighted by Gasteiger charge is 2.30. The van der Waals surface area contributed by atoms with Gasteiger partial charge in [0, 0.05) is 16.0 Å². The topological polar surface area (TPSA) is 62.3 Å². The van der Waals surface area contributed by atoms with E-state index in [1.165, 1.54) is 11.3 Å². The lowest BCUT2D eigenvalue weighted by atomic mass is 10.00. The maximum absolute atomic E-state index is 13.4. The van der Waals surface area contributed by atoms with Gasteiger partial charge >= 0.3 is 0 Å². The Morgan fingerprint density at radius 1 is 1.07 bits per heavy atom. The quantitative estimate of drug-likeness (QED) is 0.691. The minimum Gasteiger partial charge on any atom is -0.324 e. The zero-order valence-electron chi connectivity index (χ0n) is 16.9. The number of benzene rings is 2. The van der Waals surface area contributed by atoms with Crippen molar-refractivity contribution in [1.82, 2.24) is 9.88 Å². The first-order valence-corrected chi connectivity index (χ1v) is 10.0. The maximum atomic E-state index is 13.4. The molecule has 1 aromatic heterocycles. The molecule has 2 amide bonds. The molecule has 2 aromatic carbocycles. The van der Waals surface area contributed by atoms with Crippen LogP contribution in [0, 0.1) is 13.8 Å². The van der Waals surface area contributed by atoms with Gasteiger partial charge in [0.25, 0.3) is 5.91 Å². The lowest BCUT2D eigenvalue weighted by Crippen LogP contribution is -2.49. The Balaban J connectivity index is 1.87. The summed E-state index contributed by atoms with van der Waals surface area (Å²) in [4.78, 5) is 33.1. The van der Waals surface area contributed by atoms with E-state index < -0.39 is 5.54 Å². The Morgan fingerprint density at radius 2 is 1.75 bits per heavy atom. The smallest absolute Gasteiger partial charge is 0.255 e. The number of amides is 2. The van der Waals surface area contributed by atoms with Gasteiger partial charge in [0.2, 0.25) is 5.91 Å². The fraction of sp³-hybridized carbons (Fsp3) is 0.318. The summed E-state index contributed by atoms with van der Waals surface area (Å²) in [6, 6.07) is 13.4. The van der Waals surface area contributed by atoms with Gasteiger partial charge < -0.3 is 10.2 Å². The summed E-state index contributed by atoms with van der Waals surface area (Å²) in [5.74, 6) is -0.414. The van der Waals surface area contributed by atoms with E-state index in [1.807, 2.05) is 77.1 Å². The molecule has 3 rings (SSSR count). The maximum Gasteiger partial charge on any atom is 0.255 e. The van der Waals surface area contributed by atoms with E-state index in [1.54, 1.807) is 4.90 Å². The summed E-state index contributed by atoms with van der Waals surface area (Å²) < 4.78 is 0. The molecule has 1 heterocycles. The number of nitrogens with zero attached hydrogens (tertiary/aromatic N) is 2. The fourth-order valence-corrected chi connectivity index (χ4v) is 3.83. The van der Waals surface area contributed by atoms with E-state index in [9.17, 15) is 9.59 Å². The van der Waals surface area contributed by atoms with Crippen LogP contribution in [0.1, 0.15) is 41.7 Å². The predicted octanol–water partition coefficient (Wildman–Crippen LogP) is 4.79. The number of carbonyl (C=O) groups is 2. The third kappa shape index (κ3) is 4.22. The lowest BCUT2D eigenvalue weighted by molar-refractivity contribution is -0.117. The summed E-state index contributed by atoms with van der Waals surface area (Å²) >= 11 is 1.44. The van der Waals surface area contributed by atoms with Gasteiger partial charge in [0.05, 0.1) is 5.69 Å². The second-order valence-corrected chi connectivity index (χ2v) is 9.00. The van der Waals surface area contributed by atoms with Crippen LogP contribution in [0.3, 0.4) is 0 Å². The average molecular weight is 396 g/mol. The van der Waals surface area contributed by atoms with Crippen LogP contribution in [0.4, 0.5) is 5.13 Å². The van der Waals surface area contributed by atoms with E-state index >= 15 is 0 Å². The average Bonchev–Trinajstić information content (AvgIpc) is 2.95. The molecule has 5 nitrogen and oxygen atoms in total. The van der Waals surface area contributed by atoms with Crippen molar-refractivity contribution in [3.05, 3.63) is 58.6 Å².